The molecular formula is C41H47N3O7. The molecule has 4 heterocycles. The molecule has 2 bridgehead atoms. The molecule has 1 aliphatic carbocycles. The Morgan fingerprint density at radius 3 is 2.41 bits per heavy atom. The maximum absolute atomic E-state index is 13.9. The predicted molar refractivity (Wildman–Crippen MR) is 194 cm³/mol. The number of fused-ring (bicyclic) bond motifs is 5. The van der Waals surface area contributed by atoms with Gasteiger partial charge >= 0.3 is 5.97 Å². The number of nitrogens with one attached hydrogen (secondary N) is 2. The minimum atomic E-state index is -1.15. The Bertz CT molecular complexity index is 1910. The molecule has 0 radical (unpaired) electrons. The van der Waals surface area contributed by atoms with Crippen LogP contribution in [0.25, 0.3) is 10.9 Å². The molecule has 3 aromatic carbocycles. The number of amides is 1. The van der Waals surface area contributed by atoms with E-state index in [1.165, 1.54) is 12.1 Å². The molecule has 2 atom stereocenters. The molecule has 51 heavy (non-hydrogen) atoms. The zero-order valence-corrected chi connectivity index (χ0v) is 28.9. The summed E-state index contributed by atoms with van der Waals surface area (Å²) in [6.07, 6.45) is 7.23. The van der Waals surface area contributed by atoms with E-state index in [-0.39, 0.29) is 29.3 Å². The maximum atomic E-state index is 13.9. The van der Waals surface area contributed by atoms with Gasteiger partial charge < -0.3 is 30.0 Å². The van der Waals surface area contributed by atoms with Gasteiger partial charge in [-0.2, -0.15) is 0 Å². The molecule has 10 heteroatoms. The number of benzene rings is 3. The van der Waals surface area contributed by atoms with E-state index in [1.54, 1.807) is 30.3 Å². The number of hydrogen-bond donors (Lipinski definition) is 4. The van der Waals surface area contributed by atoms with Gasteiger partial charge in [0.25, 0.3) is 5.91 Å². The Morgan fingerprint density at radius 2 is 1.67 bits per heavy atom. The minimum Gasteiger partial charge on any atom is -0.506 e. The molecule has 4 aromatic rings. The average Bonchev–Trinajstić information content (AvgIpc) is 3.53. The second-order valence-corrected chi connectivity index (χ2v) is 14.5. The van der Waals surface area contributed by atoms with E-state index in [0.29, 0.717) is 59.6 Å². The molecule has 8 rings (SSSR count). The van der Waals surface area contributed by atoms with Gasteiger partial charge in [0, 0.05) is 36.4 Å². The summed E-state index contributed by atoms with van der Waals surface area (Å²) in [6, 6.07) is 21.3. The normalized spacial score (nSPS) is 20.8. The van der Waals surface area contributed by atoms with Gasteiger partial charge in [-0.05, 0) is 91.7 Å². The number of piperidine rings is 3. The molecule has 3 aliphatic heterocycles. The van der Waals surface area contributed by atoms with E-state index in [1.807, 2.05) is 30.3 Å². The number of carbonyl (C=O) groups excluding carboxylic acids is 2. The molecular weight excluding hydrogens is 646 g/mol. The number of aliphatic hydroxyl groups is 1. The summed E-state index contributed by atoms with van der Waals surface area (Å²) in [7, 11) is 0. The van der Waals surface area contributed by atoms with Gasteiger partial charge in [-0.1, -0.05) is 62.1 Å². The predicted octanol–water partition coefficient (Wildman–Crippen LogP) is 5.59. The summed E-state index contributed by atoms with van der Waals surface area (Å²) in [5, 5.41) is 24.7. The van der Waals surface area contributed by atoms with Crippen molar-refractivity contribution in [3.05, 3.63) is 105 Å². The van der Waals surface area contributed by atoms with E-state index in [4.69, 9.17) is 9.47 Å². The van der Waals surface area contributed by atoms with Crippen LogP contribution < -0.4 is 15.6 Å². The molecule has 268 valence electrons. The monoisotopic (exact) mass is 693 g/mol. The Hall–Kier alpha value is -4.67. The Balaban J connectivity index is 0.879. The highest BCUT2D eigenvalue weighted by Gasteiger charge is 2.49. The topological polar surface area (TPSA) is 141 Å². The van der Waals surface area contributed by atoms with Crippen LogP contribution in [-0.2, 0) is 22.4 Å². The van der Waals surface area contributed by atoms with Crippen molar-refractivity contribution in [1.29, 1.82) is 0 Å². The highest BCUT2D eigenvalue weighted by atomic mass is 16.5. The lowest BCUT2D eigenvalue weighted by Gasteiger charge is -2.44. The van der Waals surface area contributed by atoms with Crippen LogP contribution in [0.15, 0.2) is 77.6 Å². The third kappa shape index (κ3) is 7.82. The lowest BCUT2D eigenvalue weighted by atomic mass is 9.85. The molecule has 4 aliphatic rings. The van der Waals surface area contributed by atoms with Crippen molar-refractivity contribution in [2.24, 2.45) is 5.92 Å². The van der Waals surface area contributed by atoms with E-state index < -0.39 is 11.6 Å². The van der Waals surface area contributed by atoms with Gasteiger partial charge in [0.05, 0.1) is 18.2 Å². The Morgan fingerprint density at radius 1 is 0.922 bits per heavy atom. The number of esters is 1. The van der Waals surface area contributed by atoms with Gasteiger partial charge in [-0.15, -0.1) is 0 Å². The van der Waals surface area contributed by atoms with E-state index in [0.717, 1.165) is 75.7 Å². The molecule has 0 spiro atoms. The molecule has 3 saturated heterocycles. The van der Waals surface area contributed by atoms with Gasteiger partial charge in [-0.3, -0.25) is 14.5 Å². The number of aromatic nitrogens is 1. The van der Waals surface area contributed by atoms with Crippen LogP contribution in [0.4, 0.5) is 0 Å². The molecule has 0 saturated carbocycles. The van der Waals surface area contributed by atoms with E-state index >= 15 is 0 Å². The summed E-state index contributed by atoms with van der Waals surface area (Å²) in [6.45, 7) is 3.39. The minimum absolute atomic E-state index is 0.0173. The fraction of sp³-hybridized carbons (Fsp3) is 0.439. The number of H-pyrrole nitrogens is 1. The SMILES string of the molecule is O=C(NC1(C(=O)O[C@H]2CN3CCC2CC3)Cc2ccccc2C1)c1cccc(OCCCCCCC[C@H](O)c2ccc(O)c3[nH]c(=O)ccc23)c1. The third-order valence-electron chi connectivity index (χ3n) is 11.0. The van der Waals surface area contributed by atoms with Gasteiger partial charge in [0.2, 0.25) is 5.56 Å². The highest BCUT2D eigenvalue weighted by Crippen LogP contribution is 2.35. The number of hydrogen-bond acceptors (Lipinski definition) is 8. The van der Waals surface area contributed by atoms with Crippen molar-refractivity contribution < 1.29 is 29.3 Å². The quantitative estimate of drug-likeness (QED) is 0.0990. The van der Waals surface area contributed by atoms with Gasteiger partial charge in [-0.25, -0.2) is 4.79 Å². The second-order valence-electron chi connectivity index (χ2n) is 14.5. The number of aromatic amines is 1. The van der Waals surface area contributed by atoms with Crippen molar-refractivity contribution in [3.63, 3.8) is 0 Å². The van der Waals surface area contributed by atoms with Crippen LogP contribution in [0, 0.1) is 5.92 Å². The van der Waals surface area contributed by atoms with Gasteiger partial charge in [0.1, 0.15) is 23.1 Å². The first-order valence-corrected chi connectivity index (χ1v) is 18.4. The molecule has 1 amide bonds. The number of rotatable bonds is 14. The molecule has 4 N–H and O–H groups in total. The number of pyridine rings is 1. The number of aromatic hydroxyl groups is 1. The second kappa shape index (κ2) is 15.3. The molecule has 0 unspecified atom stereocenters. The zero-order chi connectivity index (χ0) is 35.4. The number of phenols is 1. The van der Waals surface area contributed by atoms with Crippen molar-refractivity contribution in [3.8, 4) is 11.5 Å². The summed E-state index contributed by atoms with van der Waals surface area (Å²) >= 11 is 0. The average molecular weight is 694 g/mol. The van der Waals surface area contributed by atoms with Crippen molar-refractivity contribution in [1.82, 2.24) is 15.2 Å². The van der Waals surface area contributed by atoms with Crippen LogP contribution in [-0.4, -0.2) is 69.9 Å². The highest BCUT2D eigenvalue weighted by molar-refractivity contribution is 5.99. The number of nitrogens with zero attached hydrogens (tertiary/aromatic N) is 1. The number of carbonyl (C=O) groups is 2. The first kappa shape index (κ1) is 34.8. The van der Waals surface area contributed by atoms with E-state index in [9.17, 15) is 24.6 Å². The van der Waals surface area contributed by atoms with Crippen LogP contribution >= 0.6 is 0 Å². The van der Waals surface area contributed by atoms with Gasteiger partial charge in [0.15, 0.2) is 0 Å². The van der Waals surface area contributed by atoms with Crippen LogP contribution in [0.2, 0.25) is 0 Å². The lowest BCUT2D eigenvalue weighted by Crippen LogP contribution is -2.59. The number of unbranched alkanes of at least 4 members (excludes halogenated alkanes) is 4. The standard InChI is InChI=1S/C41H47N3O7/c45-34(32-14-16-35(46)38-33(32)15-17-37(47)42-38)13-4-2-1-3-7-22-50-31-12-8-11-28(23-31)39(48)43-41(24-29-9-5-6-10-30(29)25-41)40(49)51-36-26-44-20-18-27(36)19-21-44/h5-6,8-12,14-17,23,27,34,36,45-46H,1-4,7,13,18-22,24-26H2,(H,42,47)(H,43,48)/t34-,36-/m0/s1. The summed E-state index contributed by atoms with van der Waals surface area (Å²) in [4.78, 5) is 44.3. The zero-order valence-electron chi connectivity index (χ0n) is 28.9. The van der Waals surface area contributed by atoms with Crippen LogP contribution in [0.3, 0.4) is 0 Å². The number of aliphatic hydroxyl groups excluding tert-OH is 1. The Labute approximate surface area is 297 Å². The lowest BCUT2D eigenvalue weighted by molar-refractivity contribution is -0.166. The fourth-order valence-electron chi connectivity index (χ4n) is 8.08. The summed E-state index contributed by atoms with van der Waals surface area (Å²) in [5.41, 5.74) is 2.12. The largest absolute Gasteiger partial charge is 0.506 e. The Kier molecular flexibility index (Phi) is 10.4. The molecule has 3 fully saturated rings. The number of ether oxygens (including phenoxy) is 2. The summed E-state index contributed by atoms with van der Waals surface area (Å²) < 4.78 is 12.2. The van der Waals surface area contributed by atoms with Crippen LogP contribution in [0.5, 0.6) is 11.5 Å². The van der Waals surface area contributed by atoms with Crippen LogP contribution in [0.1, 0.15) is 84.5 Å². The van der Waals surface area contributed by atoms with Crippen molar-refractivity contribution in [2.45, 2.75) is 82.0 Å². The maximum Gasteiger partial charge on any atom is 0.332 e. The summed E-state index contributed by atoms with van der Waals surface area (Å²) in [5.74, 6) is 0.293. The smallest absolute Gasteiger partial charge is 0.332 e. The van der Waals surface area contributed by atoms with Crippen molar-refractivity contribution >= 4 is 22.8 Å². The van der Waals surface area contributed by atoms with E-state index in [2.05, 4.69) is 15.2 Å². The molecule has 10 nitrogen and oxygen atoms in total. The number of phenolic OH excluding ortho intramolecular Hbond substituents is 1. The third-order valence-corrected chi connectivity index (χ3v) is 11.0. The fourth-order valence-corrected chi connectivity index (χ4v) is 8.08. The van der Waals surface area contributed by atoms with Crippen molar-refractivity contribution in [2.75, 3.05) is 26.2 Å². The molecule has 1 aromatic heterocycles. The first-order chi connectivity index (χ1) is 24.8. The first-order valence-electron chi connectivity index (χ1n) is 18.4.